The monoisotopic (exact) mass is 271 g/mol. The molecule has 6 nitrogen and oxygen atoms in total. The molecule has 0 saturated heterocycles. The maximum absolute atomic E-state index is 13.3. The summed E-state index contributed by atoms with van der Waals surface area (Å²) in [5.74, 6) is -0.626. The summed E-state index contributed by atoms with van der Waals surface area (Å²) in [6.07, 6.45) is 2.34. The minimum Gasteiger partial charge on any atom is -0.396 e. The van der Waals surface area contributed by atoms with Crippen molar-refractivity contribution in [1.82, 2.24) is 5.16 Å². The number of nitrogens with one attached hydrogen (secondary N) is 1. The Kier molecular flexibility index (Phi) is 2.95. The number of hydrogen-bond acceptors (Lipinski definition) is 5. The highest BCUT2D eigenvalue weighted by Crippen LogP contribution is 2.22. The average Bonchev–Trinajstić information content (AvgIpc) is 2.77. The molecule has 0 atom stereocenters. The van der Waals surface area contributed by atoms with Gasteiger partial charge in [-0.25, -0.2) is 12.8 Å². The highest BCUT2D eigenvalue weighted by Gasteiger charge is 2.18. The number of sulfonamides is 1. The minimum absolute atomic E-state index is 0.125. The first kappa shape index (κ1) is 12.4. The Bertz CT molecular complexity index is 645. The smallest absolute Gasteiger partial charge is 0.262 e. The Morgan fingerprint density at radius 1 is 1.44 bits per heavy atom. The van der Waals surface area contributed by atoms with E-state index in [2.05, 4.69) is 14.4 Å². The van der Waals surface area contributed by atoms with Crippen molar-refractivity contribution in [3.63, 3.8) is 0 Å². The predicted molar refractivity (Wildman–Crippen MR) is 62.9 cm³/mol. The number of anilines is 2. The van der Waals surface area contributed by atoms with Gasteiger partial charge in [-0.3, -0.25) is 4.72 Å². The van der Waals surface area contributed by atoms with Crippen LogP contribution >= 0.6 is 0 Å². The third kappa shape index (κ3) is 2.28. The summed E-state index contributed by atoms with van der Waals surface area (Å²) in [6, 6.07) is 2.25. The number of aromatic nitrogens is 1. The molecule has 0 bridgehead atoms. The molecule has 96 valence electrons. The summed E-state index contributed by atoms with van der Waals surface area (Å²) in [7, 11) is -3.84. The molecule has 3 N–H and O–H groups in total. The second-order valence-electron chi connectivity index (χ2n) is 3.66. The molecule has 2 aromatic rings. The zero-order valence-electron chi connectivity index (χ0n) is 9.34. The fourth-order valence-corrected chi connectivity index (χ4v) is 2.53. The SMILES string of the molecule is Cc1cc(S(=O)(=O)Nc2cnoc2)cc(N)c1F. The van der Waals surface area contributed by atoms with Gasteiger partial charge >= 0.3 is 0 Å². The second kappa shape index (κ2) is 4.30. The molecule has 1 heterocycles. The van der Waals surface area contributed by atoms with Crippen LogP contribution in [0.3, 0.4) is 0 Å². The van der Waals surface area contributed by atoms with E-state index in [1.54, 1.807) is 0 Å². The normalized spacial score (nSPS) is 11.4. The molecule has 18 heavy (non-hydrogen) atoms. The molecular formula is C10H10FN3O3S. The van der Waals surface area contributed by atoms with Crippen LogP contribution in [-0.2, 0) is 10.0 Å². The van der Waals surface area contributed by atoms with Crippen LogP contribution in [0.15, 0.2) is 34.0 Å². The highest BCUT2D eigenvalue weighted by atomic mass is 32.2. The number of benzene rings is 1. The van der Waals surface area contributed by atoms with Gasteiger partial charge in [-0.05, 0) is 24.6 Å². The summed E-state index contributed by atoms with van der Waals surface area (Å²) in [4.78, 5) is -0.125. The Hall–Kier alpha value is -2.09. The first-order valence-corrected chi connectivity index (χ1v) is 6.36. The van der Waals surface area contributed by atoms with Gasteiger partial charge in [0, 0.05) is 0 Å². The van der Waals surface area contributed by atoms with E-state index < -0.39 is 15.8 Å². The summed E-state index contributed by atoms with van der Waals surface area (Å²) in [5.41, 5.74) is 5.50. The van der Waals surface area contributed by atoms with Crippen molar-refractivity contribution in [2.45, 2.75) is 11.8 Å². The molecular weight excluding hydrogens is 261 g/mol. The number of rotatable bonds is 3. The van der Waals surface area contributed by atoms with E-state index in [0.717, 1.165) is 12.3 Å². The van der Waals surface area contributed by atoms with Crippen LogP contribution in [0, 0.1) is 12.7 Å². The largest absolute Gasteiger partial charge is 0.396 e. The van der Waals surface area contributed by atoms with Crippen molar-refractivity contribution in [3.8, 4) is 0 Å². The number of nitrogens with zero attached hydrogens (tertiary/aromatic N) is 1. The molecule has 0 radical (unpaired) electrons. The van der Waals surface area contributed by atoms with Crippen LogP contribution in [0.25, 0.3) is 0 Å². The van der Waals surface area contributed by atoms with Crippen molar-refractivity contribution in [1.29, 1.82) is 0 Å². The van der Waals surface area contributed by atoms with E-state index >= 15 is 0 Å². The fraction of sp³-hybridized carbons (Fsp3) is 0.100. The van der Waals surface area contributed by atoms with Crippen molar-refractivity contribution in [2.75, 3.05) is 10.5 Å². The van der Waals surface area contributed by atoms with Crippen LogP contribution in [0.4, 0.5) is 15.8 Å². The van der Waals surface area contributed by atoms with Gasteiger partial charge in [0.15, 0.2) is 0 Å². The molecule has 0 unspecified atom stereocenters. The number of aryl methyl sites for hydroxylation is 1. The topological polar surface area (TPSA) is 98.2 Å². The fourth-order valence-electron chi connectivity index (χ4n) is 1.39. The molecule has 0 saturated carbocycles. The summed E-state index contributed by atoms with van der Waals surface area (Å²) in [5, 5.41) is 3.36. The van der Waals surface area contributed by atoms with E-state index in [4.69, 9.17) is 5.73 Å². The number of nitrogens with two attached hydrogens (primary N) is 1. The molecule has 0 amide bonds. The van der Waals surface area contributed by atoms with Crippen LogP contribution in [0.2, 0.25) is 0 Å². The molecule has 0 fully saturated rings. The standard InChI is InChI=1S/C10H10FN3O3S/c1-6-2-8(3-9(12)10(6)11)18(15,16)14-7-4-13-17-5-7/h2-5,14H,12H2,1H3. The highest BCUT2D eigenvalue weighted by molar-refractivity contribution is 7.92. The Labute approximate surface area is 103 Å². The first-order chi connectivity index (χ1) is 8.40. The Balaban J connectivity index is 2.42. The van der Waals surface area contributed by atoms with Gasteiger partial charge < -0.3 is 10.3 Å². The van der Waals surface area contributed by atoms with Gasteiger partial charge in [0.25, 0.3) is 10.0 Å². The van der Waals surface area contributed by atoms with Crippen molar-refractivity contribution < 1.29 is 17.3 Å². The quantitative estimate of drug-likeness (QED) is 0.824. The molecule has 0 spiro atoms. The maximum Gasteiger partial charge on any atom is 0.262 e. The van der Waals surface area contributed by atoms with Crippen molar-refractivity contribution in [2.24, 2.45) is 0 Å². The van der Waals surface area contributed by atoms with Crippen LogP contribution in [-0.4, -0.2) is 13.6 Å². The second-order valence-corrected chi connectivity index (χ2v) is 5.34. The molecule has 1 aromatic heterocycles. The lowest BCUT2D eigenvalue weighted by Crippen LogP contribution is -2.13. The minimum atomic E-state index is -3.84. The van der Waals surface area contributed by atoms with Crippen molar-refractivity contribution in [3.05, 3.63) is 36.0 Å². The van der Waals surface area contributed by atoms with Crippen LogP contribution in [0.1, 0.15) is 5.56 Å². The summed E-state index contributed by atoms with van der Waals surface area (Å²) < 4.78 is 44.0. The number of nitrogen functional groups attached to an aromatic ring is 1. The number of hydrogen-bond donors (Lipinski definition) is 2. The van der Waals surface area contributed by atoms with Crippen LogP contribution < -0.4 is 10.5 Å². The van der Waals surface area contributed by atoms with E-state index in [1.165, 1.54) is 19.2 Å². The van der Waals surface area contributed by atoms with Gasteiger partial charge in [0.1, 0.15) is 17.8 Å². The third-order valence-electron chi connectivity index (χ3n) is 2.25. The van der Waals surface area contributed by atoms with Gasteiger partial charge in [-0.1, -0.05) is 5.16 Å². The maximum atomic E-state index is 13.3. The third-order valence-corrected chi connectivity index (χ3v) is 3.61. The van der Waals surface area contributed by atoms with E-state index in [0.29, 0.717) is 0 Å². The molecule has 0 aliphatic heterocycles. The molecule has 0 aliphatic carbocycles. The molecule has 0 aliphatic rings. The van der Waals surface area contributed by atoms with Gasteiger partial charge in [0.05, 0.1) is 16.8 Å². The molecule has 2 rings (SSSR count). The first-order valence-electron chi connectivity index (χ1n) is 4.88. The summed E-state index contributed by atoms with van der Waals surface area (Å²) >= 11 is 0. The average molecular weight is 271 g/mol. The van der Waals surface area contributed by atoms with Gasteiger partial charge in [0.2, 0.25) is 0 Å². The molecule has 1 aromatic carbocycles. The Morgan fingerprint density at radius 3 is 2.72 bits per heavy atom. The van der Waals surface area contributed by atoms with E-state index in [1.807, 2.05) is 0 Å². The zero-order valence-corrected chi connectivity index (χ0v) is 10.2. The lowest BCUT2D eigenvalue weighted by Gasteiger charge is -2.08. The Morgan fingerprint density at radius 2 is 2.17 bits per heavy atom. The van der Waals surface area contributed by atoms with Crippen LogP contribution in [0.5, 0.6) is 0 Å². The van der Waals surface area contributed by atoms with E-state index in [9.17, 15) is 12.8 Å². The lowest BCUT2D eigenvalue weighted by atomic mass is 10.2. The lowest BCUT2D eigenvalue weighted by molar-refractivity contribution is 0.420. The van der Waals surface area contributed by atoms with E-state index in [-0.39, 0.29) is 21.8 Å². The van der Waals surface area contributed by atoms with Gasteiger partial charge in [-0.2, -0.15) is 0 Å². The zero-order chi connectivity index (χ0) is 13.3. The molecule has 8 heteroatoms. The predicted octanol–water partition coefficient (Wildman–Crippen LogP) is 1.51. The van der Waals surface area contributed by atoms with Gasteiger partial charge in [-0.15, -0.1) is 0 Å². The van der Waals surface area contributed by atoms with Crippen molar-refractivity contribution >= 4 is 21.4 Å². The number of halogens is 1. The summed E-state index contributed by atoms with van der Waals surface area (Å²) in [6.45, 7) is 1.43.